The van der Waals surface area contributed by atoms with Gasteiger partial charge in [0, 0.05) is 38.4 Å². The van der Waals surface area contributed by atoms with Gasteiger partial charge < -0.3 is 15.5 Å². The number of hydrogen-bond donors (Lipinski definition) is 2. The second-order valence-corrected chi connectivity index (χ2v) is 6.27. The highest BCUT2D eigenvalue weighted by molar-refractivity contribution is 14.0. The average Bonchev–Trinajstić information content (AvgIpc) is 3.00. The lowest BCUT2D eigenvalue weighted by Crippen LogP contribution is -2.44. The summed E-state index contributed by atoms with van der Waals surface area (Å²) in [7, 11) is 0. The summed E-state index contributed by atoms with van der Waals surface area (Å²) in [6, 6.07) is 1.06. The summed E-state index contributed by atoms with van der Waals surface area (Å²) in [6.45, 7) is 6.83. The Morgan fingerprint density at radius 1 is 1.42 bits per heavy atom. The van der Waals surface area contributed by atoms with E-state index < -0.39 is 11.7 Å². The lowest BCUT2D eigenvalue weighted by atomic mass is 10.2. The van der Waals surface area contributed by atoms with Crippen molar-refractivity contribution in [2.45, 2.75) is 38.9 Å². The first-order chi connectivity index (χ1) is 11.8. The molecule has 1 aromatic heterocycles. The highest BCUT2D eigenvalue weighted by Gasteiger charge is 2.33. The number of hydrogen-bond acceptors (Lipinski definition) is 3. The van der Waals surface area contributed by atoms with Crippen LogP contribution in [0.15, 0.2) is 17.3 Å². The molecule has 0 spiro atoms. The van der Waals surface area contributed by atoms with E-state index in [2.05, 4.69) is 27.5 Å². The van der Waals surface area contributed by atoms with E-state index in [1.165, 1.54) is 0 Å². The molecule has 0 saturated carbocycles. The molecule has 1 aromatic rings. The molecule has 10 heteroatoms. The fourth-order valence-electron chi connectivity index (χ4n) is 2.63. The number of aliphatic imine (C=N–C) groups is 1. The van der Waals surface area contributed by atoms with E-state index in [0.717, 1.165) is 44.2 Å². The second kappa shape index (κ2) is 10.4. The Labute approximate surface area is 173 Å². The van der Waals surface area contributed by atoms with E-state index in [0.29, 0.717) is 18.9 Å². The van der Waals surface area contributed by atoms with E-state index in [-0.39, 0.29) is 35.0 Å². The summed E-state index contributed by atoms with van der Waals surface area (Å²) < 4.78 is 38.1. The van der Waals surface area contributed by atoms with Gasteiger partial charge in [0.25, 0.3) is 0 Å². The SMILES string of the molecule is CCCN=C(NCC)NC1CCN(c2ncc(C(F)(F)F)cc2Cl)C1.I. The third-order valence-corrected chi connectivity index (χ3v) is 4.09. The van der Waals surface area contributed by atoms with Crippen molar-refractivity contribution in [1.82, 2.24) is 15.6 Å². The van der Waals surface area contributed by atoms with Crippen LogP contribution >= 0.6 is 35.6 Å². The number of guanidine groups is 1. The Hall–Kier alpha value is -0.970. The van der Waals surface area contributed by atoms with Gasteiger partial charge in [0.05, 0.1) is 10.6 Å². The van der Waals surface area contributed by atoms with Crippen LogP contribution in [0.4, 0.5) is 19.0 Å². The molecule has 1 aliphatic rings. The van der Waals surface area contributed by atoms with Crippen LogP contribution in [0.1, 0.15) is 32.3 Å². The summed E-state index contributed by atoms with van der Waals surface area (Å²) in [4.78, 5) is 10.3. The van der Waals surface area contributed by atoms with Gasteiger partial charge in [-0.25, -0.2) is 4.98 Å². The molecule has 1 aliphatic heterocycles. The van der Waals surface area contributed by atoms with Crippen molar-refractivity contribution in [1.29, 1.82) is 0 Å². The van der Waals surface area contributed by atoms with Crippen molar-refractivity contribution >= 4 is 47.4 Å². The lowest BCUT2D eigenvalue weighted by molar-refractivity contribution is -0.137. The van der Waals surface area contributed by atoms with Crippen LogP contribution in [0, 0.1) is 0 Å². The molecule has 5 nitrogen and oxygen atoms in total. The third-order valence-electron chi connectivity index (χ3n) is 3.82. The molecule has 26 heavy (non-hydrogen) atoms. The first-order valence-electron chi connectivity index (χ1n) is 8.37. The number of aromatic nitrogens is 1. The fourth-order valence-corrected chi connectivity index (χ4v) is 2.91. The van der Waals surface area contributed by atoms with E-state index in [9.17, 15) is 13.2 Å². The summed E-state index contributed by atoms with van der Waals surface area (Å²) in [5.41, 5.74) is -0.837. The minimum absolute atomic E-state index is 0. The maximum Gasteiger partial charge on any atom is 0.417 e. The molecule has 2 rings (SSSR count). The quantitative estimate of drug-likeness (QED) is 0.362. The molecule has 1 atom stereocenters. The first kappa shape index (κ1) is 23.1. The Morgan fingerprint density at radius 3 is 2.73 bits per heavy atom. The highest BCUT2D eigenvalue weighted by Crippen LogP contribution is 2.34. The zero-order valence-corrected chi connectivity index (χ0v) is 17.8. The number of nitrogens with zero attached hydrogens (tertiary/aromatic N) is 3. The molecule has 1 unspecified atom stereocenters. The molecule has 2 N–H and O–H groups in total. The number of halogens is 5. The van der Waals surface area contributed by atoms with Crippen LogP contribution in [-0.2, 0) is 6.18 Å². The molecular formula is C16H24ClF3IN5. The summed E-state index contributed by atoms with van der Waals surface area (Å²) in [5, 5.41) is 6.56. The van der Waals surface area contributed by atoms with Crippen molar-refractivity contribution in [3.05, 3.63) is 22.8 Å². The molecule has 2 heterocycles. The van der Waals surface area contributed by atoms with E-state index >= 15 is 0 Å². The van der Waals surface area contributed by atoms with Crippen molar-refractivity contribution in [2.75, 3.05) is 31.1 Å². The maximum atomic E-state index is 12.7. The van der Waals surface area contributed by atoms with Gasteiger partial charge in [-0.3, -0.25) is 4.99 Å². The van der Waals surface area contributed by atoms with E-state index in [4.69, 9.17) is 11.6 Å². The van der Waals surface area contributed by atoms with Crippen LogP contribution in [0.25, 0.3) is 0 Å². The van der Waals surface area contributed by atoms with Crippen molar-refractivity contribution in [2.24, 2.45) is 4.99 Å². The Balaban J connectivity index is 0.00000338. The van der Waals surface area contributed by atoms with Gasteiger partial charge in [-0.15, -0.1) is 24.0 Å². The number of alkyl halides is 3. The summed E-state index contributed by atoms with van der Waals surface area (Å²) >= 11 is 6.03. The Morgan fingerprint density at radius 2 is 2.15 bits per heavy atom. The summed E-state index contributed by atoms with van der Waals surface area (Å²) in [6.07, 6.45) is -1.83. The van der Waals surface area contributed by atoms with Gasteiger partial charge in [0.1, 0.15) is 5.82 Å². The number of nitrogens with one attached hydrogen (secondary N) is 2. The molecule has 0 aliphatic carbocycles. The van der Waals surface area contributed by atoms with Gasteiger partial charge in [0.15, 0.2) is 5.96 Å². The van der Waals surface area contributed by atoms with Crippen LogP contribution in [0.3, 0.4) is 0 Å². The Kier molecular flexibility index (Phi) is 9.22. The Bertz CT molecular complexity index is 612. The minimum atomic E-state index is -4.44. The van der Waals surface area contributed by atoms with Gasteiger partial charge in [0.2, 0.25) is 0 Å². The van der Waals surface area contributed by atoms with Gasteiger partial charge >= 0.3 is 6.18 Å². The molecule has 0 radical (unpaired) electrons. The molecule has 0 aromatic carbocycles. The first-order valence-corrected chi connectivity index (χ1v) is 8.75. The third kappa shape index (κ3) is 6.33. The predicted molar refractivity (Wildman–Crippen MR) is 110 cm³/mol. The molecular weight excluding hydrogens is 482 g/mol. The van der Waals surface area contributed by atoms with E-state index in [1.54, 1.807) is 0 Å². The van der Waals surface area contributed by atoms with Crippen molar-refractivity contribution in [3.8, 4) is 0 Å². The molecule has 1 fully saturated rings. The molecule has 0 bridgehead atoms. The van der Waals surface area contributed by atoms with Crippen molar-refractivity contribution in [3.63, 3.8) is 0 Å². The van der Waals surface area contributed by atoms with Gasteiger partial charge in [-0.1, -0.05) is 18.5 Å². The molecule has 1 saturated heterocycles. The van der Waals surface area contributed by atoms with Gasteiger partial charge in [-0.2, -0.15) is 13.2 Å². The number of rotatable bonds is 5. The van der Waals surface area contributed by atoms with Crippen LogP contribution in [0.5, 0.6) is 0 Å². The monoisotopic (exact) mass is 505 g/mol. The second-order valence-electron chi connectivity index (χ2n) is 5.86. The normalized spacial score (nSPS) is 17.8. The standard InChI is InChI=1S/C16H23ClF3N5.HI/c1-3-6-22-15(21-4-2)24-12-5-7-25(10-12)14-13(17)8-11(9-23-14)16(18,19)20;/h8-9,12H,3-7,10H2,1-2H3,(H2,21,22,24);1H. The average molecular weight is 506 g/mol. The fraction of sp³-hybridized carbons (Fsp3) is 0.625. The highest BCUT2D eigenvalue weighted by atomic mass is 127. The molecule has 148 valence electrons. The number of pyridine rings is 1. The van der Waals surface area contributed by atoms with E-state index in [1.807, 2.05) is 11.8 Å². The minimum Gasteiger partial charge on any atom is -0.357 e. The molecule has 0 amide bonds. The summed E-state index contributed by atoms with van der Waals surface area (Å²) in [5.74, 6) is 1.14. The number of anilines is 1. The van der Waals surface area contributed by atoms with Crippen LogP contribution < -0.4 is 15.5 Å². The largest absolute Gasteiger partial charge is 0.417 e. The van der Waals surface area contributed by atoms with Crippen molar-refractivity contribution < 1.29 is 13.2 Å². The lowest BCUT2D eigenvalue weighted by Gasteiger charge is -2.21. The van der Waals surface area contributed by atoms with Crippen LogP contribution in [-0.4, -0.2) is 43.2 Å². The topological polar surface area (TPSA) is 52.6 Å². The predicted octanol–water partition coefficient (Wildman–Crippen LogP) is 3.92. The smallest absolute Gasteiger partial charge is 0.357 e. The zero-order valence-electron chi connectivity index (χ0n) is 14.7. The van der Waals surface area contributed by atoms with Gasteiger partial charge in [-0.05, 0) is 25.8 Å². The van der Waals surface area contributed by atoms with Crippen LogP contribution in [0.2, 0.25) is 5.02 Å². The zero-order chi connectivity index (χ0) is 18.4. The maximum absolute atomic E-state index is 12.7.